The van der Waals surface area contributed by atoms with E-state index in [-0.39, 0.29) is 22.9 Å². The highest BCUT2D eigenvalue weighted by Crippen LogP contribution is 2.33. The van der Waals surface area contributed by atoms with Gasteiger partial charge in [-0.15, -0.1) is 0 Å². The molecule has 0 radical (unpaired) electrons. The van der Waals surface area contributed by atoms with E-state index in [2.05, 4.69) is 21.2 Å². The fourth-order valence-electron chi connectivity index (χ4n) is 2.64. The number of amides is 2. The molecule has 0 spiro atoms. The third kappa shape index (κ3) is 3.45. The highest BCUT2D eigenvalue weighted by atomic mass is 79.9. The summed E-state index contributed by atoms with van der Waals surface area (Å²) in [5.41, 5.74) is 1.98. The van der Waals surface area contributed by atoms with E-state index in [0.29, 0.717) is 16.9 Å². The fourth-order valence-corrected chi connectivity index (χ4v) is 3.64. The van der Waals surface area contributed by atoms with E-state index in [1.54, 1.807) is 31.2 Å². The lowest BCUT2D eigenvalue weighted by Crippen LogP contribution is -2.42. The summed E-state index contributed by atoms with van der Waals surface area (Å²) < 4.78 is 24.4. The number of sulfone groups is 1. The first kappa shape index (κ1) is 17.6. The lowest BCUT2D eigenvalue weighted by molar-refractivity contribution is -0.115. The Morgan fingerprint density at radius 3 is 2.60 bits per heavy atom. The normalized spacial score (nSPS) is 14.0. The molecule has 0 aromatic heterocycles. The molecule has 0 unspecified atom stereocenters. The first-order valence-corrected chi connectivity index (χ1v) is 10.1. The predicted molar refractivity (Wildman–Crippen MR) is 98.7 cm³/mol. The smallest absolute Gasteiger partial charge is 0.259 e. The van der Waals surface area contributed by atoms with E-state index in [4.69, 9.17) is 0 Å². The molecule has 25 heavy (non-hydrogen) atoms. The summed E-state index contributed by atoms with van der Waals surface area (Å²) in [5.74, 6) is -0.725. The number of anilines is 2. The molecule has 6 nitrogen and oxygen atoms in total. The van der Waals surface area contributed by atoms with Crippen LogP contribution in [0.4, 0.5) is 11.4 Å². The Hall–Kier alpha value is -2.19. The number of carbonyl (C=O) groups excluding carboxylic acids is 2. The maximum Gasteiger partial charge on any atom is 0.259 e. The highest BCUT2D eigenvalue weighted by Gasteiger charge is 2.29. The van der Waals surface area contributed by atoms with Crippen LogP contribution in [0.1, 0.15) is 15.9 Å². The number of aryl methyl sites for hydroxylation is 1. The average molecular weight is 423 g/mol. The first-order valence-electron chi connectivity index (χ1n) is 7.39. The van der Waals surface area contributed by atoms with Crippen LogP contribution in [0.25, 0.3) is 0 Å². The zero-order valence-electron chi connectivity index (χ0n) is 13.5. The Kier molecular flexibility index (Phi) is 4.42. The van der Waals surface area contributed by atoms with Gasteiger partial charge in [-0.05, 0) is 42.8 Å². The van der Waals surface area contributed by atoms with Crippen LogP contribution in [-0.2, 0) is 14.6 Å². The van der Waals surface area contributed by atoms with Crippen LogP contribution in [-0.4, -0.2) is 33.0 Å². The molecule has 3 rings (SSSR count). The molecule has 1 aliphatic rings. The second-order valence-electron chi connectivity index (χ2n) is 5.85. The van der Waals surface area contributed by atoms with Crippen molar-refractivity contribution in [2.24, 2.45) is 0 Å². The number of nitrogens with one attached hydrogen (secondary N) is 1. The summed E-state index contributed by atoms with van der Waals surface area (Å²) in [7, 11) is -3.44. The van der Waals surface area contributed by atoms with Crippen LogP contribution in [0.3, 0.4) is 0 Å². The molecule has 0 saturated carbocycles. The third-order valence-corrected chi connectivity index (χ3v) is 5.54. The number of hydrogen-bond acceptors (Lipinski definition) is 4. The number of rotatable bonds is 2. The highest BCUT2D eigenvalue weighted by molar-refractivity contribution is 9.10. The van der Waals surface area contributed by atoms with Gasteiger partial charge in [0.2, 0.25) is 5.91 Å². The molecule has 0 fully saturated rings. The topological polar surface area (TPSA) is 83.6 Å². The average Bonchev–Trinajstić information content (AvgIpc) is 2.53. The number of hydrogen-bond donors (Lipinski definition) is 1. The van der Waals surface area contributed by atoms with Gasteiger partial charge in [-0.1, -0.05) is 22.0 Å². The Labute approximate surface area is 153 Å². The van der Waals surface area contributed by atoms with E-state index < -0.39 is 15.7 Å². The van der Waals surface area contributed by atoms with Crippen LogP contribution in [0, 0.1) is 6.92 Å². The van der Waals surface area contributed by atoms with Crippen molar-refractivity contribution >= 4 is 49.0 Å². The van der Waals surface area contributed by atoms with Crippen LogP contribution in [0.5, 0.6) is 0 Å². The van der Waals surface area contributed by atoms with Crippen molar-refractivity contribution < 1.29 is 18.0 Å². The molecule has 0 bridgehead atoms. The van der Waals surface area contributed by atoms with Gasteiger partial charge in [0, 0.05) is 16.3 Å². The largest absolute Gasteiger partial charge is 0.323 e. The van der Waals surface area contributed by atoms with Crippen LogP contribution in [0.15, 0.2) is 45.8 Å². The van der Waals surface area contributed by atoms with Gasteiger partial charge in [0.05, 0.1) is 16.3 Å². The van der Waals surface area contributed by atoms with Crippen LogP contribution >= 0.6 is 15.9 Å². The zero-order chi connectivity index (χ0) is 18.4. The molecule has 1 aliphatic heterocycles. The molecule has 0 aliphatic carbocycles. The van der Waals surface area contributed by atoms with Gasteiger partial charge in [-0.2, -0.15) is 0 Å². The first-order chi connectivity index (χ1) is 11.7. The van der Waals surface area contributed by atoms with Crippen LogP contribution < -0.4 is 10.2 Å². The molecule has 2 amide bonds. The molecule has 130 valence electrons. The Balaban J connectivity index is 2.11. The fraction of sp³-hybridized carbons (Fsp3) is 0.176. The van der Waals surface area contributed by atoms with E-state index >= 15 is 0 Å². The number of benzene rings is 2. The van der Waals surface area contributed by atoms with Crippen molar-refractivity contribution in [3.05, 3.63) is 52.0 Å². The molecule has 2 aromatic rings. The van der Waals surface area contributed by atoms with Gasteiger partial charge in [-0.25, -0.2) is 8.42 Å². The molecule has 1 heterocycles. The molecule has 1 N–H and O–H groups in total. The van der Waals surface area contributed by atoms with Crippen molar-refractivity contribution in [3.63, 3.8) is 0 Å². The van der Waals surface area contributed by atoms with E-state index in [9.17, 15) is 18.0 Å². The minimum absolute atomic E-state index is 0.0670. The minimum Gasteiger partial charge on any atom is -0.323 e. The maximum atomic E-state index is 13.1. The van der Waals surface area contributed by atoms with Crippen molar-refractivity contribution in [2.45, 2.75) is 11.8 Å². The lowest BCUT2D eigenvalue weighted by Gasteiger charge is -2.30. The van der Waals surface area contributed by atoms with Crippen molar-refractivity contribution in [1.29, 1.82) is 0 Å². The van der Waals surface area contributed by atoms with Crippen LogP contribution in [0.2, 0.25) is 0 Å². The Morgan fingerprint density at radius 2 is 1.92 bits per heavy atom. The molecule has 0 saturated heterocycles. The Morgan fingerprint density at radius 1 is 1.20 bits per heavy atom. The zero-order valence-corrected chi connectivity index (χ0v) is 15.9. The minimum atomic E-state index is -3.44. The second-order valence-corrected chi connectivity index (χ2v) is 8.78. The molecular weight excluding hydrogens is 408 g/mol. The predicted octanol–water partition coefficient (Wildman–Crippen LogP) is 2.76. The summed E-state index contributed by atoms with van der Waals surface area (Å²) >= 11 is 3.36. The number of halogens is 1. The summed E-state index contributed by atoms with van der Waals surface area (Å²) in [4.78, 5) is 26.4. The maximum absolute atomic E-state index is 13.1. The quantitative estimate of drug-likeness (QED) is 0.806. The van der Waals surface area contributed by atoms with Gasteiger partial charge >= 0.3 is 0 Å². The van der Waals surface area contributed by atoms with E-state index in [1.807, 2.05) is 0 Å². The van der Waals surface area contributed by atoms with E-state index in [0.717, 1.165) is 10.7 Å². The van der Waals surface area contributed by atoms with Gasteiger partial charge in [-0.3, -0.25) is 14.5 Å². The Bertz CT molecular complexity index is 1000. The monoisotopic (exact) mass is 422 g/mol. The molecule has 0 atom stereocenters. The van der Waals surface area contributed by atoms with Gasteiger partial charge < -0.3 is 5.32 Å². The van der Waals surface area contributed by atoms with Crippen molar-refractivity contribution in [3.8, 4) is 0 Å². The number of carbonyl (C=O) groups is 2. The SMILES string of the molecule is Cc1ccc(S(C)(=O)=O)cc1C(=O)N1CC(=O)Nc2ccc(Br)cc21. The molecule has 8 heteroatoms. The lowest BCUT2D eigenvalue weighted by atomic mass is 10.1. The third-order valence-electron chi connectivity index (χ3n) is 3.94. The summed E-state index contributed by atoms with van der Waals surface area (Å²) in [6.45, 7) is 1.59. The standard InChI is InChI=1S/C17H15BrN2O4S/c1-10-3-5-12(25(2,23)24)8-13(10)17(22)20-9-16(21)19-14-6-4-11(18)7-15(14)20/h3-8H,9H2,1-2H3,(H,19,21). The second kappa shape index (κ2) is 6.27. The van der Waals surface area contributed by atoms with Crippen molar-refractivity contribution in [1.82, 2.24) is 0 Å². The number of nitrogens with zero attached hydrogens (tertiary/aromatic N) is 1. The number of fused-ring (bicyclic) bond motifs is 1. The summed E-state index contributed by atoms with van der Waals surface area (Å²) in [6, 6.07) is 9.63. The molecule has 2 aromatic carbocycles. The van der Waals surface area contributed by atoms with E-state index in [1.165, 1.54) is 17.0 Å². The summed E-state index contributed by atoms with van der Waals surface area (Å²) in [5, 5.41) is 2.72. The summed E-state index contributed by atoms with van der Waals surface area (Å²) in [6.07, 6.45) is 1.09. The van der Waals surface area contributed by atoms with Crippen molar-refractivity contribution in [2.75, 3.05) is 23.0 Å². The van der Waals surface area contributed by atoms with Gasteiger partial charge in [0.25, 0.3) is 5.91 Å². The van der Waals surface area contributed by atoms with Gasteiger partial charge in [0.1, 0.15) is 6.54 Å². The molecular formula is C17H15BrN2O4S. The van der Waals surface area contributed by atoms with Gasteiger partial charge in [0.15, 0.2) is 9.84 Å².